The molecule has 33 heavy (non-hydrogen) atoms. The summed E-state index contributed by atoms with van der Waals surface area (Å²) in [6, 6.07) is 8.25. The number of carboxylic acid groups (broad SMARTS) is 1. The molecule has 0 spiro atoms. The summed E-state index contributed by atoms with van der Waals surface area (Å²) >= 11 is 0. The van der Waals surface area contributed by atoms with Gasteiger partial charge in [-0.25, -0.2) is 4.79 Å². The Labute approximate surface area is 185 Å². The topological polar surface area (TPSA) is 210 Å². The van der Waals surface area contributed by atoms with Crippen LogP contribution >= 0.6 is 0 Å². The molecule has 0 aromatic heterocycles. The zero-order chi connectivity index (χ0) is 24.5. The van der Waals surface area contributed by atoms with E-state index in [1.54, 1.807) is 0 Å². The predicted molar refractivity (Wildman–Crippen MR) is 113 cm³/mol. The van der Waals surface area contributed by atoms with Crippen LogP contribution < -0.4 is 4.74 Å². The van der Waals surface area contributed by atoms with Gasteiger partial charge in [-0.2, -0.15) is 25.3 Å². The van der Waals surface area contributed by atoms with E-state index in [1.165, 1.54) is 24.3 Å². The first-order valence-electron chi connectivity index (χ1n) is 8.66. The van der Waals surface area contributed by atoms with Crippen LogP contribution in [0.4, 0.5) is 0 Å². The fraction of sp³-hybridized carbons (Fsp3) is 0.0556. The van der Waals surface area contributed by atoms with Gasteiger partial charge < -0.3 is 9.84 Å². The standard InChI is InChI=1S/C18H12O12S3/c19-17(20)18(33(27,28)29)30-12-7-14(32(24,25)26)11-5-4-10-13(31(21,22)23)6-2-8-1-3-9(12)16(11)15(8)10/h1-7,18H,(H,19,20)(H,21,22,23)(H,24,25,26)(H,27,28,29). The Morgan fingerprint density at radius 3 is 1.76 bits per heavy atom. The van der Waals surface area contributed by atoms with Crippen molar-refractivity contribution >= 4 is 68.6 Å². The number of carboxylic acids is 1. The number of hydrogen-bond acceptors (Lipinski definition) is 8. The molecule has 174 valence electrons. The van der Waals surface area contributed by atoms with Crippen LogP contribution in [0.1, 0.15) is 0 Å². The van der Waals surface area contributed by atoms with Crippen LogP contribution in [0.5, 0.6) is 5.75 Å². The van der Waals surface area contributed by atoms with E-state index in [1.807, 2.05) is 0 Å². The second kappa shape index (κ2) is 7.21. The van der Waals surface area contributed by atoms with E-state index in [0.717, 1.165) is 12.1 Å². The molecule has 0 amide bonds. The fourth-order valence-corrected chi connectivity index (χ4v) is 5.57. The van der Waals surface area contributed by atoms with Crippen molar-refractivity contribution in [3.63, 3.8) is 0 Å². The Hall–Kier alpha value is -3.08. The van der Waals surface area contributed by atoms with Crippen molar-refractivity contribution in [3.05, 3.63) is 42.5 Å². The number of aliphatic carboxylic acids is 1. The van der Waals surface area contributed by atoms with Crippen LogP contribution in [0.2, 0.25) is 0 Å². The van der Waals surface area contributed by atoms with Gasteiger partial charge in [0, 0.05) is 27.6 Å². The van der Waals surface area contributed by atoms with E-state index in [9.17, 15) is 43.7 Å². The summed E-state index contributed by atoms with van der Waals surface area (Å²) in [4.78, 5) is 10.0. The molecule has 0 saturated heterocycles. The van der Waals surface area contributed by atoms with Crippen LogP contribution in [0.25, 0.3) is 32.3 Å². The highest BCUT2D eigenvalue weighted by Crippen LogP contribution is 2.43. The summed E-state index contributed by atoms with van der Waals surface area (Å²) in [6.45, 7) is 0. The van der Waals surface area contributed by atoms with Crippen molar-refractivity contribution in [2.24, 2.45) is 0 Å². The Kier molecular flexibility index (Phi) is 5.04. The molecule has 4 aromatic carbocycles. The van der Waals surface area contributed by atoms with Gasteiger partial charge in [-0.1, -0.05) is 24.3 Å². The number of hydrogen-bond donors (Lipinski definition) is 4. The van der Waals surface area contributed by atoms with Gasteiger partial charge in [-0.05, 0) is 22.9 Å². The van der Waals surface area contributed by atoms with Crippen molar-refractivity contribution in [3.8, 4) is 5.75 Å². The third-order valence-electron chi connectivity index (χ3n) is 4.93. The van der Waals surface area contributed by atoms with Gasteiger partial charge in [-0.3, -0.25) is 13.7 Å². The molecule has 1 unspecified atom stereocenters. The fourth-order valence-electron chi connectivity index (χ4n) is 3.70. The molecule has 12 nitrogen and oxygen atoms in total. The molecule has 15 heteroatoms. The van der Waals surface area contributed by atoms with Crippen molar-refractivity contribution < 1.29 is 53.5 Å². The van der Waals surface area contributed by atoms with E-state index in [2.05, 4.69) is 0 Å². The van der Waals surface area contributed by atoms with Gasteiger partial charge in [-0.15, -0.1) is 0 Å². The minimum atomic E-state index is -5.31. The van der Waals surface area contributed by atoms with Crippen LogP contribution in [-0.2, 0) is 35.1 Å². The summed E-state index contributed by atoms with van der Waals surface area (Å²) in [6.07, 6.45) is 0. The van der Waals surface area contributed by atoms with Gasteiger partial charge in [0.15, 0.2) is 0 Å². The van der Waals surface area contributed by atoms with Crippen molar-refractivity contribution in [2.45, 2.75) is 15.2 Å². The number of benzene rings is 4. The van der Waals surface area contributed by atoms with E-state index >= 15 is 0 Å². The lowest BCUT2D eigenvalue weighted by atomic mass is 9.94. The lowest BCUT2D eigenvalue weighted by Crippen LogP contribution is -2.35. The van der Waals surface area contributed by atoms with E-state index in [-0.39, 0.29) is 26.9 Å². The quantitative estimate of drug-likeness (QED) is 0.213. The van der Waals surface area contributed by atoms with E-state index < -0.39 is 57.3 Å². The highest BCUT2D eigenvalue weighted by molar-refractivity contribution is 7.87. The second-order valence-corrected chi connectivity index (χ2v) is 11.2. The summed E-state index contributed by atoms with van der Waals surface area (Å²) < 4.78 is 104. The first kappa shape index (κ1) is 23.1. The Morgan fingerprint density at radius 1 is 0.727 bits per heavy atom. The maximum Gasteiger partial charge on any atom is 0.363 e. The molecule has 0 radical (unpaired) electrons. The summed E-state index contributed by atoms with van der Waals surface area (Å²) in [5.74, 6) is -2.75. The zero-order valence-electron chi connectivity index (χ0n) is 15.9. The summed E-state index contributed by atoms with van der Waals surface area (Å²) in [5, 5.41) is 9.38. The average Bonchev–Trinajstić information content (AvgIpc) is 2.67. The molecule has 4 rings (SSSR count). The first-order valence-corrected chi connectivity index (χ1v) is 13.0. The third-order valence-corrected chi connectivity index (χ3v) is 7.57. The van der Waals surface area contributed by atoms with Crippen LogP contribution in [-0.4, -0.2) is 55.4 Å². The van der Waals surface area contributed by atoms with Crippen molar-refractivity contribution in [1.29, 1.82) is 0 Å². The van der Waals surface area contributed by atoms with Gasteiger partial charge >= 0.3 is 21.5 Å². The zero-order valence-corrected chi connectivity index (χ0v) is 18.3. The maximum atomic E-state index is 12.1. The smallest absolute Gasteiger partial charge is 0.363 e. The Balaban J connectivity index is 2.23. The molecule has 0 fully saturated rings. The lowest BCUT2D eigenvalue weighted by Gasteiger charge is -2.19. The molecule has 0 bridgehead atoms. The van der Waals surface area contributed by atoms with Crippen LogP contribution in [0.15, 0.2) is 52.3 Å². The number of rotatable bonds is 6. The number of ether oxygens (including phenoxy) is 1. The van der Waals surface area contributed by atoms with E-state index in [4.69, 9.17) is 9.84 Å². The largest absolute Gasteiger partial charge is 0.478 e. The first-order chi connectivity index (χ1) is 15.1. The molecule has 4 N–H and O–H groups in total. The normalized spacial score (nSPS) is 14.2. The maximum absolute atomic E-state index is 12.1. The van der Waals surface area contributed by atoms with Gasteiger partial charge in [0.25, 0.3) is 20.2 Å². The van der Waals surface area contributed by atoms with Crippen molar-refractivity contribution in [2.75, 3.05) is 0 Å². The molecule has 4 aromatic rings. The van der Waals surface area contributed by atoms with Crippen molar-refractivity contribution in [1.82, 2.24) is 0 Å². The SMILES string of the molecule is O=C(O)C(Oc1cc(S(=O)(=O)O)c2ccc3c(S(=O)(=O)O)ccc4ccc1c2c43)S(=O)(=O)O. The van der Waals surface area contributed by atoms with Crippen LogP contribution in [0, 0.1) is 0 Å². The monoisotopic (exact) mass is 516 g/mol. The second-order valence-electron chi connectivity index (χ2n) is 6.94. The minimum absolute atomic E-state index is 0.0277. The molecule has 0 aliphatic carbocycles. The Bertz CT molecular complexity index is 1790. The highest BCUT2D eigenvalue weighted by Gasteiger charge is 2.35. The van der Waals surface area contributed by atoms with Gasteiger partial charge in [0.2, 0.25) is 0 Å². The van der Waals surface area contributed by atoms with Crippen LogP contribution in [0.3, 0.4) is 0 Å². The summed E-state index contributed by atoms with van der Waals surface area (Å²) in [5.41, 5.74) is -2.83. The molecule has 0 aliphatic rings. The highest BCUT2D eigenvalue weighted by atomic mass is 32.2. The average molecular weight is 516 g/mol. The molecule has 1 atom stereocenters. The summed E-state index contributed by atoms with van der Waals surface area (Å²) in [7, 11) is -15.0. The predicted octanol–water partition coefficient (Wildman–Crippen LogP) is 1.75. The van der Waals surface area contributed by atoms with E-state index in [0.29, 0.717) is 11.5 Å². The molecule has 0 aliphatic heterocycles. The molecular weight excluding hydrogens is 504 g/mol. The lowest BCUT2D eigenvalue weighted by molar-refractivity contribution is -0.141. The van der Waals surface area contributed by atoms with Gasteiger partial charge in [0.1, 0.15) is 15.5 Å². The molecule has 0 saturated carbocycles. The number of carbonyl (C=O) groups is 1. The minimum Gasteiger partial charge on any atom is -0.478 e. The third kappa shape index (κ3) is 3.84. The van der Waals surface area contributed by atoms with Gasteiger partial charge in [0.05, 0.1) is 0 Å². The molecular formula is C18H12O12S3. The Morgan fingerprint density at radius 2 is 1.24 bits per heavy atom. The molecule has 0 heterocycles.